The van der Waals surface area contributed by atoms with Crippen LogP contribution in [0.5, 0.6) is 0 Å². The number of alkyl halides is 6. The third kappa shape index (κ3) is 1.91. The van der Waals surface area contributed by atoms with Gasteiger partial charge in [-0.25, -0.2) is 0 Å². The lowest BCUT2D eigenvalue weighted by Gasteiger charge is -2.11. The minimum absolute atomic E-state index is 0.206. The van der Waals surface area contributed by atoms with E-state index in [0.717, 1.165) is 0 Å². The lowest BCUT2D eigenvalue weighted by Crippen LogP contribution is -2.12. The van der Waals surface area contributed by atoms with Gasteiger partial charge in [0, 0.05) is 0 Å². The molecule has 0 aliphatic heterocycles. The molecule has 9 heteroatoms. The highest BCUT2D eigenvalue weighted by Gasteiger charge is 2.38. The van der Waals surface area contributed by atoms with Crippen LogP contribution in [-0.2, 0) is 12.4 Å². The van der Waals surface area contributed by atoms with Crippen molar-refractivity contribution in [3.63, 3.8) is 0 Å². The molecule has 0 amide bonds. The Morgan fingerprint density at radius 1 is 1.00 bits per heavy atom. The summed E-state index contributed by atoms with van der Waals surface area (Å²) in [7, 11) is 2.64. The zero-order chi connectivity index (χ0) is 11.1. The summed E-state index contributed by atoms with van der Waals surface area (Å²) in [4.78, 5) is 2.29. The Hall–Kier alpha value is -1.41. The molecule has 1 heterocycles. The van der Waals surface area contributed by atoms with Gasteiger partial charge in [-0.3, -0.25) is 4.98 Å². The smallest absolute Gasteiger partial charge is 0.380 e. The van der Waals surface area contributed by atoms with Crippen LogP contribution in [0.1, 0.15) is 11.6 Å². The molecule has 0 spiro atoms. The molecule has 0 saturated carbocycles. The Bertz CT molecular complexity index is 334. The van der Waals surface area contributed by atoms with Crippen molar-refractivity contribution in [2.24, 2.45) is 0 Å². The number of aromatic nitrogens is 3. The highest BCUT2D eigenvalue weighted by atomic mass is 19.4. The van der Waals surface area contributed by atoms with Crippen molar-refractivity contribution < 1.29 is 26.3 Å². The molecular weight excluding hydrogens is 216 g/mol. The van der Waals surface area contributed by atoms with E-state index < -0.39 is 24.0 Å². The zero-order valence-electron chi connectivity index (χ0n) is 6.32. The zero-order valence-corrected chi connectivity index (χ0v) is 6.32. The second kappa shape index (κ2) is 2.79. The standard InChI is InChI=1S/C5H2F6N3/c1-14-3(5(9,10)11)12-2(13-14)4(6,7)8/h1H2/q-1. The Morgan fingerprint density at radius 3 is 1.71 bits per heavy atom. The van der Waals surface area contributed by atoms with Gasteiger partial charge in [0.2, 0.25) is 5.82 Å². The number of nitrogens with zero attached hydrogens (tertiary/aromatic N) is 3. The molecule has 0 aliphatic rings. The average Bonchev–Trinajstić information content (AvgIpc) is 2.27. The molecule has 0 atom stereocenters. The van der Waals surface area contributed by atoms with E-state index in [1.165, 1.54) is 0 Å². The van der Waals surface area contributed by atoms with Crippen LogP contribution in [0.2, 0.25) is 0 Å². The van der Waals surface area contributed by atoms with Crippen molar-refractivity contribution in [2.45, 2.75) is 12.4 Å². The fourth-order valence-electron chi connectivity index (χ4n) is 0.672. The Balaban J connectivity index is 3.19. The average molecular weight is 218 g/mol. The van der Waals surface area contributed by atoms with Crippen LogP contribution in [-0.4, -0.2) is 14.8 Å². The molecule has 0 radical (unpaired) electrons. The van der Waals surface area contributed by atoms with Gasteiger partial charge in [-0.2, -0.15) is 38.5 Å². The molecular formula is C5H2F6N3-. The van der Waals surface area contributed by atoms with Crippen molar-refractivity contribution in [1.29, 1.82) is 0 Å². The van der Waals surface area contributed by atoms with Gasteiger partial charge in [0.25, 0.3) is 0 Å². The van der Waals surface area contributed by atoms with Crippen molar-refractivity contribution >= 4 is 0 Å². The molecule has 1 rings (SSSR count). The number of halogens is 6. The molecule has 80 valence electrons. The Labute approximate surface area is 73.3 Å². The Morgan fingerprint density at radius 2 is 1.50 bits per heavy atom. The fraction of sp³-hybridized carbons (Fsp3) is 0.400. The monoisotopic (exact) mass is 218 g/mol. The molecule has 0 unspecified atom stereocenters. The molecule has 1 aromatic heterocycles. The first-order chi connectivity index (χ1) is 6.12. The van der Waals surface area contributed by atoms with Crippen LogP contribution in [0.4, 0.5) is 26.3 Å². The third-order valence-corrected chi connectivity index (χ3v) is 1.18. The molecule has 0 aromatic carbocycles. The highest BCUT2D eigenvalue weighted by Crippen LogP contribution is 2.31. The van der Waals surface area contributed by atoms with E-state index in [-0.39, 0.29) is 4.68 Å². The van der Waals surface area contributed by atoms with Crippen LogP contribution >= 0.6 is 0 Å². The second-order valence-corrected chi connectivity index (χ2v) is 2.25. The summed E-state index contributed by atoms with van der Waals surface area (Å²) in [5.41, 5.74) is 0. The van der Waals surface area contributed by atoms with E-state index in [4.69, 9.17) is 0 Å². The maximum absolute atomic E-state index is 11.9. The van der Waals surface area contributed by atoms with Crippen molar-refractivity contribution in [3.8, 4) is 0 Å². The van der Waals surface area contributed by atoms with E-state index in [1.54, 1.807) is 0 Å². The van der Waals surface area contributed by atoms with Crippen LogP contribution in [0.3, 0.4) is 0 Å². The highest BCUT2D eigenvalue weighted by molar-refractivity contribution is 5.00. The van der Waals surface area contributed by atoms with E-state index >= 15 is 0 Å². The largest absolute Gasteiger partial charge is 0.451 e. The van der Waals surface area contributed by atoms with Gasteiger partial charge in [0.1, 0.15) is 0 Å². The molecule has 0 saturated heterocycles. The maximum Gasteiger partial charge on any atom is 0.451 e. The van der Waals surface area contributed by atoms with E-state index in [1.807, 2.05) is 0 Å². The van der Waals surface area contributed by atoms with Gasteiger partial charge in [0.15, 0.2) is 0 Å². The molecule has 1 aromatic rings. The van der Waals surface area contributed by atoms with Crippen molar-refractivity contribution in [3.05, 3.63) is 18.7 Å². The molecule has 3 nitrogen and oxygen atoms in total. The van der Waals surface area contributed by atoms with Crippen LogP contribution in [0.15, 0.2) is 0 Å². The fourth-order valence-corrected chi connectivity index (χ4v) is 0.672. The quantitative estimate of drug-likeness (QED) is 0.492. The predicted octanol–water partition coefficient (Wildman–Crippen LogP) is 1.96. The summed E-state index contributed by atoms with van der Waals surface area (Å²) in [6, 6.07) is 0. The molecule has 0 N–H and O–H groups in total. The summed E-state index contributed by atoms with van der Waals surface area (Å²) in [5, 5.41) is 2.50. The van der Waals surface area contributed by atoms with Crippen molar-refractivity contribution in [1.82, 2.24) is 14.8 Å². The van der Waals surface area contributed by atoms with Gasteiger partial charge in [-0.05, 0) is 0 Å². The molecule has 0 fully saturated rings. The normalized spacial score (nSPS) is 13.3. The van der Waals surface area contributed by atoms with Gasteiger partial charge < -0.3 is 4.68 Å². The third-order valence-electron chi connectivity index (χ3n) is 1.18. The van der Waals surface area contributed by atoms with E-state index in [0.29, 0.717) is 0 Å². The maximum atomic E-state index is 11.9. The van der Waals surface area contributed by atoms with Crippen LogP contribution in [0.25, 0.3) is 0 Å². The van der Waals surface area contributed by atoms with E-state index in [9.17, 15) is 26.3 Å². The molecule has 0 aliphatic carbocycles. The lowest BCUT2D eigenvalue weighted by atomic mass is 10.5. The lowest BCUT2D eigenvalue weighted by molar-refractivity contribution is -0.150. The Kier molecular flexibility index (Phi) is 2.13. The summed E-state index contributed by atoms with van der Waals surface area (Å²) in [6.45, 7) is 0. The predicted molar refractivity (Wildman–Crippen MR) is 30.8 cm³/mol. The van der Waals surface area contributed by atoms with Gasteiger partial charge in [0.05, 0.1) is 5.82 Å². The van der Waals surface area contributed by atoms with Gasteiger partial charge in [-0.15, -0.1) is 0 Å². The first-order valence-electron chi connectivity index (χ1n) is 3.04. The molecule has 14 heavy (non-hydrogen) atoms. The summed E-state index contributed by atoms with van der Waals surface area (Å²) < 4.78 is 71.1. The summed E-state index contributed by atoms with van der Waals surface area (Å²) in [5.74, 6) is -3.65. The number of rotatable bonds is 0. The SMILES string of the molecule is [CH2-]n1nc(C(F)(F)F)nc1C(F)(F)F. The topological polar surface area (TPSA) is 30.7 Å². The minimum atomic E-state index is -5.01. The van der Waals surface area contributed by atoms with Crippen molar-refractivity contribution in [2.75, 3.05) is 0 Å². The van der Waals surface area contributed by atoms with Crippen LogP contribution < -0.4 is 0 Å². The first kappa shape index (κ1) is 10.7. The van der Waals surface area contributed by atoms with E-state index in [2.05, 4.69) is 17.1 Å². The molecule has 0 bridgehead atoms. The van der Waals surface area contributed by atoms with Crippen LogP contribution in [0, 0.1) is 7.05 Å². The first-order valence-corrected chi connectivity index (χ1v) is 3.04. The summed E-state index contributed by atoms with van der Waals surface area (Å²) in [6.07, 6.45) is -10.0. The van der Waals surface area contributed by atoms with Gasteiger partial charge >= 0.3 is 12.4 Å². The van der Waals surface area contributed by atoms with Gasteiger partial charge in [-0.1, -0.05) is 0 Å². The minimum Gasteiger partial charge on any atom is -0.380 e. The summed E-state index contributed by atoms with van der Waals surface area (Å²) >= 11 is 0. The second-order valence-electron chi connectivity index (χ2n) is 2.25. The number of hydrogen-bond acceptors (Lipinski definition) is 2. The number of hydrogen-bond donors (Lipinski definition) is 0.